The van der Waals surface area contributed by atoms with Crippen molar-refractivity contribution < 1.29 is 28.6 Å². The van der Waals surface area contributed by atoms with Crippen molar-refractivity contribution in [3.63, 3.8) is 0 Å². The lowest BCUT2D eigenvalue weighted by Gasteiger charge is -2.18. The normalized spacial score (nSPS) is 12.4. The lowest BCUT2D eigenvalue weighted by atomic mass is 9.99. The molecule has 0 saturated carbocycles. The van der Waals surface area contributed by atoms with Gasteiger partial charge >= 0.3 is 17.9 Å². The molecule has 0 aromatic heterocycles. The molecule has 0 aliphatic rings. The Hall–Kier alpha value is -1.59. The van der Waals surface area contributed by atoms with Crippen molar-refractivity contribution in [2.75, 3.05) is 13.2 Å². The van der Waals surface area contributed by atoms with E-state index in [1.807, 2.05) is 0 Å². The van der Waals surface area contributed by atoms with Crippen LogP contribution in [0.3, 0.4) is 0 Å². The van der Waals surface area contributed by atoms with Crippen LogP contribution in [0, 0.1) is 5.92 Å². The van der Waals surface area contributed by atoms with Gasteiger partial charge < -0.3 is 14.2 Å². The van der Waals surface area contributed by atoms with Gasteiger partial charge in [0.05, 0.1) is 0 Å². The Morgan fingerprint density at radius 1 is 0.357 bits per heavy atom. The molecule has 0 heterocycles. The Kier molecular flexibility index (Phi) is 43.2. The first kappa shape index (κ1) is 54.4. The van der Waals surface area contributed by atoms with E-state index in [1.54, 1.807) is 0 Å². The topological polar surface area (TPSA) is 78.9 Å². The van der Waals surface area contributed by atoms with Gasteiger partial charge in [0, 0.05) is 19.3 Å². The van der Waals surface area contributed by atoms with Crippen LogP contribution in [0.15, 0.2) is 0 Å². The predicted octanol–water partition coefficient (Wildman–Crippen LogP) is 15.9. The fraction of sp³-hybridized carbons (Fsp3) is 0.940. The van der Waals surface area contributed by atoms with Crippen LogP contribution in [-0.2, 0) is 28.6 Å². The molecular formula is C50H96O6. The molecule has 2 atom stereocenters. The number of carbonyl (C=O) groups excluding carboxylic acids is 3. The quantitative estimate of drug-likeness (QED) is 0.0347. The molecule has 6 heteroatoms. The van der Waals surface area contributed by atoms with E-state index in [2.05, 4.69) is 27.7 Å². The predicted molar refractivity (Wildman–Crippen MR) is 238 cm³/mol. The van der Waals surface area contributed by atoms with E-state index in [1.165, 1.54) is 173 Å². The molecule has 332 valence electrons. The molecule has 0 N–H and O–H groups in total. The Bertz CT molecular complexity index is 843. The maximum absolute atomic E-state index is 12.6. The lowest BCUT2D eigenvalue weighted by Crippen LogP contribution is -2.30. The third-order valence-electron chi connectivity index (χ3n) is 11.7. The number of esters is 3. The fourth-order valence-electron chi connectivity index (χ4n) is 7.48. The van der Waals surface area contributed by atoms with E-state index >= 15 is 0 Å². The summed E-state index contributed by atoms with van der Waals surface area (Å²) in [7, 11) is 0. The molecule has 0 saturated heterocycles. The summed E-state index contributed by atoms with van der Waals surface area (Å²) in [6, 6.07) is 0. The number of carbonyl (C=O) groups is 3. The van der Waals surface area contributed by atoms with Crippen LogP contribution in [0.5, 0.6) is 0 Å². The van der Waals surface area contributed by atoms with E-state index in [4.69, 9.17) is 14.2 Å². The minimum Gasteiger partial charge on any atom is -0.462 e. The van der Waals surface area contributed by atoms with Crippen LogP contribution < -0.4 is 0 Å². The fourth-order valence-corrected chi connectivity index (χ4v) is 7.48. The van der Waals surface area contributed by atoms with E-state index in [0.29, 0.717) is 19.3 Å². The van der Waals surface area contributed by atoms with Crippen LogP contribution >= 0.6 is 0 Å². The van der Waals surface area contributed by atoms with Gasteiger partial charge in [0.15, 0.2) is 6.10 Å². The average Bonchev–Trinajstić information content (AvgIpc) is 3.19. The summed E-state index contributed by atoms with van der Waals surface area (Å²) in [5.74, 6) is -0.00927. The van der Waals surface area contributed by atoms with Crippen molar-refractivity contribution >= 4 is 17.9 Å². The summed E-state index contributed by atoms with van der Waals surface area (Å²) >= 11 is 0. The van der Waals surface area contributed by atoms with Gasteiger partial charge in [0.1, 0.15) is 13.2 Å². The molecule has 0 amide bonds. The molecule has 6 nitrogen and oxygen atoms in total. The van der Waals surface area contributed by atoms with Crippen LogP contribution in [0.1, 0.15) is 278 Å². The van der Waals surface area contributed by atoms with Crippen molar-refractivity contribution in [2.45, 2.75) is 284 Å². The van der Waals surface area contributed by atoms with Crippen molar-refractivity contribution in [1.29, 1.82) is 0 Å². The minimum absolute atomic E-state index is 0.0641. The summed E-state index contributed by atoms with van der Waals surface area (Å²) in [6.45, 7) is 8.98. The van der Waals surface area contributed by atoms with E-state index < -0.39 is 6.10 Å². The summed E-state index contributed by atoms with van der Waals surface area (Å²) in [5.41, 5.74) is 0. The molecule has 0 rings (SSSR count). The van der Waals surface area contributed by atoms with Crippen LogP contribution in [0.4, 0.5) is 0 Å². The maximum Gasteiger partial charge on any atom is 0.306 e. The molecule has 0 aliphatic carbocycles. The van der Waals surface area contributed by atoms with E-state index in [0.717, 1.165) is 63.7 Å². The van der Waals surface area contributed by atoms with Crippen molar-refractivity contribution in [2.24, 2.45) is 5.92 Å². The highest BCUT2D eigenvalue weighted by Crippen LogP contribution is 2.17. The molecule has 0 radical (unpaired) electrons. The first-order valence-corrected chi connectivity index (χ1v) is 24.9. The maximum atomic E-state index is 12.6. The summed E-state index contributed by atoms with van der Waals surface area (Å²) in [5, 5.41) is 0. The Balaban J connectivity index is 4.15. The lowest BCUT2D eigenvalue weighted by molar-refractivity contribution is -0.167. The number of hydrogen-bond acceptors (Lipinski definition) is 6. The number of unbranched alkanes of at least 4 members (excludes halogenated alkanes) is 31. The Morgan fingerprint density at radius 3 is 0.929 bits per heavy atom. The Labute approximate surface area is 348 Å². The largest absolute Gasteiger partial charge is 0.462 e. The van der Waals surface area contributed by atoms with Crippen LogP contribution in [0.25, 0.3) is 0 Å². The second-order valence-corrected chi connectivity index (χ2v) is 17.3. The molecule has 0 bridgehead atoms. The summed E-state index contributed by atoms with van der Waals surface area (Å²) in [6.07, 6.45) is 45.3. The zero-order valence-electron chi connectivity index (χ0n) is 38.1. The van der Waals surface area contributed by atoms with E-state index in [9.17, 15) is 14.4 Å². The average molecular weight is 793 g/mol. The zero-order chi connectivity index (χ0) is 41.0. The first-order valence-electron chi connectivity index (χ1n) is 24.9. The van der Waals surface area contributed by atoms with Gasteiger partial charge in [-0.15, -0.1) is 0 Å². The molecule has 0 aromatic rings. The van der Waals surface area contributed by atoms with Gasteiger partial charge in [0.25, 0.3) is 0 Å². The van der Waals surface area contributed by atoms with Crippen LogP contribution in [-0.4, -0.2) is 37.2 Å². The third kappa shape index (κ3) is 42.0. The van der Waals surface area contributed by atoms with Gasteiger partial charge in [-0.25, -0.2) is 0 Å². The molecule has 56 heavy (non-hydrogen) atoms. The molecular weight excluding hydrogens is 697 g/mol. The summed E-state index contributed by atoms with van der Waals surface area (Å²) in [4.78, 5) is 37.7. The van der Waals surface area contributed by atoms with Crippen molar-refractivity contribution in [3.8, 4) is 0 Å². The standard InChI is InChI=1S/C50H96O6/c1-5-8-10-12-14-15-16-17-18-19-20-21-22-23-24-25-30-33-37-41-48(51)54-44-47(56-50(53)43-39-35-28-13-11-9-6-2)45-55-49(52)42-38-34-31-27-26-29-32-36-40-46(4)7-3/h46-47H,5-45H2,1-4H3/t46?,47-/m1/s1. The van der Waals surface area contributed by atoms with Crippen molar-refractivity contribution in [3.05, 3.63) is 0 Å². The van der Waals surface area contributed by atoms with Gasteiger partial charge in [-0.05, 0) is 25.2 Å². The molecule has 0 fully saturated rings. The number of ether oxygens (including phenoxy) is 3. The van der Waals surface area contributed by atoms with Gasteiger partial charge in [-0.1, -0.05) is 240 Å². The molecule has 0 aromatic carbocycles. The molecule has 1 unspecified atom stereocenters. The van der Waals surface area contributed by atoms with Crippen LogP contribution in [0.2, 0.25) is 0 Å². The zero-order valence-corrected chi connectivity index (χ0v) is 38.1. The number of hydrogen-bond donors (Lipinski definition) is 0. The van der Waals surface area contributed by atoms with Gasteiger partial charge in [0.2, 0.25) is 0 Å². The SMILES string of the molecule is CCCCCCCCCCCCCCCCCCCCCC(=O)OC[C@H](COC(=O)CCCCCCCCCCC(C)CC)OC(=O)CCCCCCCCC. The molecule has 0 aliphatic heterocycles. The third-order valence-corrected chi connectivity index (χ3v) is 11.7. The highest BCUT2D eigenvalue weighted by Gasteiger charge is 2.19. The summed E-state index contributed by atoms with van der Waals surface area (Å²) < 4.78 is 16.7. The highest BCUT2D eigenvalue weighted by molar-refractivity contribution is 5.71. The highest BCUT2D eigenvalue weighted by atomic mass is 16.6. The first-order chi connectivity index (χ1) is 27.4. The smallest absolute Gasteiger partial charge is 0.306 e. The number of rotatable bonds is 45. The molecule has 0 spiro atoms. The Morgan fingerprint density at radius 2 is 0.625 bits per heavy atom. The van der Waals surface area contributed by atoms with E-state index in [-0.39, 0.29) is 31.1 Å². The van der Waals surface area contributed by atoms with Gasteiger partial charge in [-0.3, -0.25) is 14.4 Å². The minimum atomic E-state index is -0.759. The second-order valence-electron chi connectivity index (χ2n) is 17.3. The van der Waals surface area contributed by atoms with Crippen molar-refractivity contribution in [1.82, 2.24) is 0 Å². The second kappa shape index (κ2) is 44.5. The van der Waals surface area contributed by atoms with Gasteiger partial charge in [-0.2, -0.15) is 0 Å². The monoisotopic (exact) mass is 793 g/mol.